The summed E-state index contributed by atoms with van der Waals surface area (Å²) in [5.41, 5.74) is 0. The Labute approximate surface area is 545 Å². The third kappa shape index (κ3) is 214000. The molecule has 472 valence electrons. The van der Waals surface area contributed by atoms with Gasteiger partial charge in [-0.2, -0.15) is 0 Å². The van der Waals surface area contributed by atoms with E-state index in [1.165, 1.54) is 28.4 Å². The normalized spacial score (nSPS) is 3.03. The molecule has 0 atom stereocenters. The molecule has 0 aromatic carbocycles. The quantitative estimate of drug-likeness (QED) is 0.0485. The summed E-state index contributed by atoms with van der Waals surface area (Å²) in [6.07, 6.45) is 1.50. The smallest absolute Gasteiger partial charge is 0.185 e. The summed E-state index contributed by atoms with van der Waals surface area (Å²) in [5, 5.41) is 57.2. The number of carbonyl (C=O) groups excluding carboxylic acids is 4. The van der Waals surface area contributed by atoms with Crippen LogP contribution >= 0.6 is 0 Å². The number of carbonyl (C=O) groups is 4. The van der Waals surface area contributed by atoms with Crippen molar-refractivity contribution in [3.63, 3.8) is 0 Å². The van der Waals surface area contributed by atoms with Gasteiger partial charge in [-0.3, -0.25) is 21.0 Å². The minimum absolute atomic E-state index is 0. The first-order valence-corrected chi connectivity index (χ1v) is 10.7. The Morgan fingerprint density at radius 1 is 0.314 bits per heavy atom. The molecule has 22 heteroatoms. The van der Waals surface area contributed by atoms with Gasteiger partial charge in [-0.05, 0) is 13.8 Å². The number of aliphatic hydroxyl groups is 4. The maximum absolute atomic E-state index is 9.85. The van der Waals surface area contributed by atoms with Crippen LogP contribution in [0.15, 0.2) is 52.6 Å². The molecular weight excluding hydrogens is 1820 g/mol. The average molecular weight is 1970 g/mol. The summed E-state index contributed by atoms with van der Waals surface area (Å²) in [6, 6.07) is 0. The van der Waals surface area contributed by atoms with Crippen LogP contribution in [0.25, 0.3) is 0 Å². The van der Waals surface area contributed by atoms with Crippen LogP contribution in [0.2, 0.25) is 0 Å². The molecule has 0 aliphatic rings. The van der Waals surface area contributed by atoms with E-state index in [4.69, 9.17) is 60.6 Å². The van der Waals surface area contributed by atoms with Crippen molar-refractivity contribution in [1.82, 2.24) is 0 Å². The van der Waals surface area contributed by atoms with E-state index >= 15 is 0 Å². The molecule has 8 N–H and O–H groups in total. The maximum Gasteiger partial charge on any atom is 0.185 e. The monoisotopic (exact) mass is 1970 g/mol. The SMILES string of the molecule is C.C.C.C.C.C.C.C.C.C.C.C.C.C.C.C.C.C.C.C.C=C.C=C.C=C.C=C.C=O.C=O.C=O.C=O.CCO.CCO.COO.COO.COO.COO.OCF.OCF.[CH2-]C[CH2-].[CH2-]C[CH2-].[U].[U].[U].[U]. The molecule has 0 saturated heterocycles. The molecular formula is C48H150F2O16U4-4. The molecule has 0 unspecified atom stereocenters. The van der Waals surface area contributed by atoms with E-state index in [2.05, 4.69) is 99.9 Å². The predicted octanol–water partition coefficient (Wildman–Crippen LogP) is 17.5. The van der Waals surface area contributed by atoms with Crippen molar-refractivity contribution >= 4 is 27.2 Å². The van der Waals surface area contributed by atoms with Crippen LogP contribution in [0, 0.1) is 152 Å². The third-order valence-corrected chi connectivity index (χ3v) is 0. The number of alkyl halides is 2. The van der Waals surface area contributed by atoms with Crippen LogP contribution in [-0.4, -0.2) is 124 Å². The van der Waals surface area contributed by atoms with Gasteiger partial charge < -0.3 is 80.1 Å². The first-order chi connectivity index (χ1) is 22.1. The van der Waals surface area contributed by atoms with E-state index < -0.39 is 13.7 Å². The van der Waals surface area contributed by atoms with Gasteiger partial charge in [0.15, 0.2) is 13.7 Å². The van der Waals surface area contributed by atoms with Crippen molar-refractivity contribution in [2.75, 3.05) is 55.4 Å². The van der Waals surface area contributed by atoms with Gasteiger partial charge in [0, 0.05) is 138 Å². The van der Waals surface area contributed by atoms with E-state index in [0.29, 0.717) is 0 Å². The van der Waals surface area contributed by atoms with Crippen LogP contribution in [0.5, 0.6) is 0 Å². The average Bonchev–Trinajstić information content (AvgIpc) is 3.08. The van der Waals surface area contributed by atoms with Crippen LogP contribution in [0.3, 0.4) is 0 Å². The summed E-state index contributed by atoms with van der Waals surface area (Å²) in [6.45, 7) is 46.9. The molecule has 0 rings (SSSR count). The molecule has 0 aliphatic heterocycles. The molecule has 0 aromatic rings. The van der Waals surface area contributed by atoms with E-state index in [-0.39, 0.29) is 286 Å². The molecule has 0 heterocycles. The second-order valence-corrected chi connectivity index (χ2v) is 2.31. The fourth-order valence-electron chi connectivity index (χ4n) is 0. The first-order valence-electron chi connectivity index (χ1n) is 10.7. The number of aliphatic hydroxyl groups excluding tert-OH is 4. The zero-order chi connectivity index (χ0) is 43.1. The topological polar surface area (TPSA) is 267 Å². The summed E-state index contributed by atoms with van der Waals surface area (Å²) in [4.78, 5) is 45.0. The zero-order valence-electron chi connectivity index (χ0n) is 31.2. The standard InChI is InChI=1S/2C3H6.2C2H6O.4C2H4.2CH3FO.4CH4O2.4CH2O.20CH4.4U/c2*1-3-2;2*1-2-3;4*1-2;2*2-1-3;4*1-3-2;4*1-2;;;;;;;;;;;;;;;;;;;;;;;;/h2*1-3H2;2*3H,2H2,1H3;4*1-2H2;2*3H,1H2;4*2H,1H3;4*1H2;20*1H4;;;;/q2*-2;;;;;;;;;;;;;;;;;;;;;;;;;;;;;;;;;;;;;;;;. The Balaban J connectivity index is -0.00000000291. The van der Waals surface area contributed by atoms with Gasteiger partial charge in [-0.1, -0.05) is 149 Å². The first kappa shape index (κ1) is 411. The van der Waals surface area contributed by atoms with Gasteiger partial charge >= 0.3 is 0 Å². The molecule has 16 nitrogen and oxygen atoms in total. The van der Waals surface area contributed by atoms with Gasteiger partial charge in [0.25, 0.3) is 0 Å². The Hall–Kier alpha value is 1.23. The van der Waals surface area contributed by atoms with Crippen molar-refractivity contribution < 1.29 is 213 Å². The van der Waals surface area contributed by atoms with E-state index in [9.17, 15) is 8.78 Å². The van der Waals surface area contributed by atoms with Crippen molar-refractivity contribution in [1.29, 1.82) is 0 Å². The van der Waals surface area contributed by atoms with Gasteiger partial charge in [-0.25, -0.2) is 28.3 Å². The second kappa shape index (κ2) is 2670. The van der Waals surface area contributed by atoms with Crippen molar-refractivity contribution in [3.8, 4) is 0 Å². The number of rotatable bonds is 0. The molecule has 0 amide bonds. The number of halogens is 2. The van der Waals surface area contributed by atoms with Crippen LogP contribution in [-0.2, 0) is 38.7 Å². The van der Waals surface area contributed by atoms with Crippen molar-refractivity contribution in [2.45, 2.75) is 175 Å². The number of hydrogen-bond donors (Lipinski definition) is 8. The molecule has 0 bridgehead atoms. The Kier molecular flexibility index (Phi) is 15700. The summed E-state index contributed by atoms with van der Waals surface area (Å²) in [5.74, 6) is 0. The van der Waals surface area contributed by atoms with E-state index in [0.717, 1.165) is 12.8 Å². The fourth-order valence-corrected chi connectivity index (χ4v) is 0. The van der Waals surface area contributed by atoms with E-state index in [1.54, 1.807) is 13.8 Å². The molecule has 0 fully saturated rings. The molecule has 0 radical (unpaired) electrons. The zero-order valence-corrected chi connectivity index (χ0v) is 47.8. The Morgan fingerprint density at radius 3 is 0.314 bits per heavy atom. The van der Waals surface area contributed by atoms with Crippen molar-refractivity contribution in [3.05, 3.63) is 80.3 Å². The predicted molar refractivity (Wildman–Crippen MR) is 319 cm³/mol. The fraction of sp³-hybridized carbons (Fsp3) is 0.667. The summed E-state index contributed by atoms with van der Waals surface area (Å²) in [7, 11) is 4.72. The van der Waals surface area contributed by atoms with Gasteiger partial charge in [0.1, 0.15) is 27.2 Å². The van der Waals surface area contributed by atoms with E-state index in [1.807, 2.05) is 27.2 Å². The van der Waals surface area contributed by atoms with Crippen LogP contribution < -0.4 is 0 Å². The molecule has 0 spiro atoms. The van der Waals surface area contributed by atoms with Gasteiger partial charge in [-0.15, -0.1) is 52.6 Å². The summed E-state index contributed by atoms with van der Waals surface area (Å²) >= 11 is 0. The Bertz CT molecular complexity index is 180. The minimum Gasteiger partial charge on any atom is -0.397 e. The van der Waals surface area contributed by atoms with Gasteiger partial charge in [0.2, 0.25) is 0 Å². The third-order valence-electron chi connectivity index (χ3n) is 0. The maximum atomic E-state index is 9.85. The van der Waals surface area contributed by atoms with Crippen LogP contribution in [0.4, 0.5) is 8.78 Å². The van der Waals surface area contributed by atoms with Crippen LogP contribution in [0.1, 0.15) is 175 Å². The van der Waals surface area contributed by atoms with Crippen molar-refractivity contribution in [2.24, 2.45) is 0 Å². The molecule has 70 heavy (non-hydrogen) atoms. The Morgan fingerprint density at radius 2 is 0.314 bits per heavy atom. The molecule has 0 saturated carbocycles. The van der Waals surface area contributed by atoms with Gasteiger partial charge in [0.05, 0.1) is 28.4 Å². The molecule has 0 aromatic heterocycles. The molecule has 0 aliphatic carbocycles. The minimum atomic E-state index is -1.25. The number of hydrogen-bond acceptors (Lipinski definition) is 16. The largest absolute Gasteiger partial charge is 0.397 e. The summed E-state index contributed by atoms with van der Waals surface area (Å²) < 4.78 is 19.7. The second-order valence-electron chi connectivity index (χ2n) is 2.31.